The second kappa shape index (κ2) is 11.8. The predicted octanol–water partition coefficient (Wildman–Crippen LogP) is 1.86. The number of ether oxygens (including phenoxy) is 2. The van der Waals surface area contributed by atoms with Gasteiger partial charge in [0.15, 0.2) is 5.96 Å². The summed E-state index contributed by atoms with van der Waals surface area (Å²) in [6.07, 6.45) is 0.706. The van der Waals surface area contributed by atoms with Gasteiger partial charge in [0.05, 0.1) is 26.9 Å². The maximum Gasteiger partial charge on any atom is 0.191 e. The summed E-state index contributed by atoms with van der Waals surface area (Å²) in [6.45, 7) is 12.4. The topological polar surface area (TPSA) is 78.4 Å². The largest absolute Gasteiger partial charge is 0.508 e. The van der Waals surface area contributed by atoms with Crippen molar-refractivity contribution >= 4 is 5.96 Å². The first-order chi connectivity index (χ1) is 13.5. The molecule has 158 valence electrons. The molecule has 7 heteroatoms. The smallest absolute Gasteiger partial charge is 0.191 e. The van der Waals surface area contributed by atoms with Gasteiger partial charge in [0.25, 0.3) is 0 Å². The van der Waals surface area contributed by atoms with Crippen LogP contribution in [0, 0.1) is 5.92 Å². The fourth-order valence-corrected chi connectivity index (χ4v) is 3.38. The average molecular weight is 393 g/mol. The maximum atomic E-state index is 10.1. The lowest BCUT2D eigenvalue weighted by molar-refractivity contribution is 0.00867. The fourth-order valence-electron chi connectivity index (χ4n) is 3.38. The Kier molecular flexibility index (Phi) is 9.37. The first-order valence-corrected chi connectivity index (χ1v) is 10.2. The molecule has 1 atom stereocenters. The third-order valence-corrected chi connectivity index (χ3v) is 5.04. The van der Waals surface area contributed by atoms with E-state index in [1.54, 1.807) is 13.2 Å². The highest BCUT2D eigenvalue weighted by Crippen LogP contribution is 2.23. The number of methoxy groups -OCH3 is 1. The van der Waals surface area contributed by atoms with E-state index in [-0.39, 0.29) is 5.75 Å². The van der Waals surface area contributed by atoms with E-state index in [0.29, 0.717) is 30.7 Å². The minimum absolute atomic E-state index is 0.260. The van der Waals surface area contributed by atoms with E-state index in [4.69, 9.17) is 14.5 Å². The highest BCUT2D eigenvalue weighted by atomic mass is 16.5. The number of aromatic hydroxyl groups is 1. The van der Waals surface area contributed by atoms with Crippen molar-refractivity contribution in [2.45, 2.75) is 33.2 Å². The summed E-state index contributed by atoms with van der Waals surface area (Å²) >= 11 is 0. The Morgan fingerprint density at radius 2 is 2.04 bits per heavy atom. The summed E-state index contributed by atoms with van der Waals surface area (Å²) in [5.41, 5.74) is 0.887. The Morgan fingerprint density at radius 3 is 2.64 bits per heavy atom. The number of phenolic OH excluding ortho intramolecular Hbond substituents is 1. The van der Waals surface area contributed by atoms with Crippen molar-refractivity contribution in [3.63, 3.8) is 0 Å². The van der Waals surface area contributed by atoms with E-state index in [2.05, 4.69) is 36.3 Å². The number of benzene rings is 1. The SMILES string of the molecule is CCNC(=NCC(C(C)C)N1CCOCC1)NCCc1ccc(OC)cc1O. The molecule has 3 N–H and O–H groups in total. The average Bonchev–Trinajstić information content (AvgIpc) is 2.69. The monoisotopic (exact) mass is 392 g/mol. The van der Waals surface area contributed by atoms with Gasteiger partial charge in [0, 0.05) is 38.3 Å². The summed E-state index contributed by atoms with van der Waals surface area (Å²) in [5.74, 6) is 2.26. The molecule has 1 fully saturated rings. The Labute approximate surface area is 169 Å². The number of nitrogens with zero attached hydrogens (tertiary/aromatic N) is 2. The molecule has 1 aliphatic rings. The zero-order chi connectivity index (χ0) is 20.4. The van der Waals surface area contributed by atoms with Crippen LogP contribution in [0.2, 0.25) is 0 Å². The molecule has 1 unspecified atom stereocenters. The summed E-state index contributed by atoms with van der Waals surface area (Å²) in [6, 6.07) is 5.81. The van der Waals surface area contributed by atoms with E-state index in [0.717, 1.165) is 50.9 Å². The van der Waals surface area contributed by atoms with Crippen molar-refractivity contribution < 1.29 is 14.6 Å². The molecule has 0 saturated carbocycles. The van der Waals surface area contributed by atoms with Gasteiger partial charge < -0.3 is 25.2 Å². The van der Waals surface area contributed by atoms with E-state index >= 15 is 0 Å². The molecule has 1 heterocycles. The van der Waals surface area contributed by atoms with Gasteiger partial charge in [-0.3, -0.25) is 9.89 Å². The number of phenols is 1. The number of morpholine rings is 1. The van der Waals surface area contributed by atoms with Crippen molar-refractivity contribution in [3.8, 4) is 11.5 Å². The number of nitrogens with one attached hydrogen (secondary N) is 2. The molecule has 1 aromatic rings. The van der Waals surface area contributed by atoms with Gasteiger partial charge in [-0.15, -0.1) is 0 Å². The third-order valence-electron chi connectivity index (χ3n) is 5.04. The highest BCUT2D eigenvalue weighted by Gasteiger charge is 2.23. The van der Waals surface area contributed by atoms with Crippen molar-refractivity contribution in [1.82, 2.24) is 15.5 Å². The lowest BCUT2D eigenvalue weighted by atomic mass is 10.0. The van der Waals surface area contributed by atoms with Gasteiger partial charge in [-0.25, -0.2) is 0 Å². The molecule has 0 aliphatic carbocycles. The number of hydrogen-bond donors (Lipinski definition) is 3. The summed E-state index contributed by atoms with van der Waals surface area (Å²) < 4.78 is 10.6. The normalized spacial score (nSPS) is 16.8. The quantitative estimate of drug-likeness (QED) is 0.440. The molecule has 28 heavy (non-hydrogen) atoms. The first kappa shape index (κ1) is 22.3. The van der Waals surface area contributed by atoms with Gasteiger partial charge in [-0.1, -0.05) is 19.9 Å². The zero-order valence-corrected chi connectivity index (χ0v) is 17.7. The maximum absolute atomic E-state index is 10.1. The molecule has 0 spiro atoms. The van der Waals surface area contributed by atoms with Crippen LogP contribution in [0.4, 0.5) is 0 Å². The molecule has 0 aromatic heterocycles. The van der Waals surface area contributed by atoms with Crippen molar-refractivity contribution in [3.05, 3.63) is 23.8 Å². The van der Waals surface area contributed by atoms with Gasteiger partial charge in [-0.05, 0) is 30.9 Å². The number of aliphatic imine (C=N–C) groups is 1. The molecule has 1 aliphatic heterocycles. The molecule has 7 nitrogen and oxygen atoms in total. The number of rotatable bonds is 9. The lowest BCUT2D eigenvalue weighted by Gasteiger charge is -2.36. The molecule has 1 saturated heterocycles. The molecule has 0 bridgehead atoms. The lowest BCUT2D eigenvalue weighted by Crippen LogP contribution is -2.48. The van der Waals surface area contributed by atoms with Gasteiger partial charge in [-0.2, -0.15) is 0 Å². The van der Waals surface area contributed by atoms with Crippen LogP contribution in [0.1, 0.15) is 26.3 Å². The Bertz CT molecular complexity index is 616. The molecular formula is C21H36N4O3. The Hall–Kier alpha value is -1.99. The van der Waals surface area contributed by atoms with Crippen LogP contribution < -0.4 is 15.4 Å². The predicted molar refractivity (Wildman–Crippen MR) is 113 cm³/mol. The summed E-state index contributed by atoms with van der Waals surface area (Å²) in [7, 11) is 1.59. The third kappa shape index (κ3) is 6.87. The standard InChI is InChI=1S/C21H36N4O3/c1-5-22-21(23-9-8-17-6-7-18(27-4)14-20(17)26)24-15-19(16(2)3)25-10-12-28-13-11-25/h6-7,14,16,19,26H,5,8-13,15H2,1-4H3,(H2,22,23,24). The van der Waals surface area contributed by atoms with Crippen LogP contribution in [-0.4, -0.2) is 75.1 Å². The second-order valence-corrected chi connectivity index (χ2v) is 7.35. The fraction of sp³-hybridized carbons (Fsp3) is 0.667. The van der Waals surface area contributed by atoms with Crippen LogP contribution in [0.15, 0.2) is 23.2 Å². The van der Waals surface area contributed by atoms with E-state index < -0.39 is 0 Å². The van der Waals surface area contributed by atoms with Crippen LogP contribution in [0.3, 0.4) is 0 Å². The molecular weight excluding hydrogens is 356 g/mol. The van der Waals surface area contributed by atoms with Crippen LogP contribution in [0.25, 0.3) is 0 Å². The molecule has 0 amide bonds. The van der Waals surface area contributed by atoms with Gasteiger partial charge >= 0.3 is 0 Å². The highest BCUT2D eigenvalue weighted by molar-refractivity contribution is 5.79. The Balaban J connectivity index is 1.91. The van der Waals surface area contributed by atoms with Crippen LogP contribution in [-0.2, 0) is 11.2 Å². The summed E-state index contributed by atoms with van der Waals surface area (Å²) in [4.78, 5) is 7.30. The second-order valence-electron chi connectivity index (χ2n) is 7.35. The molecule has 0 radical (unpaired) electrons. The summed E-state index contributed by atoms with van der Waals surface area (Å²) in [5, 5.41) is 16.8. The molecule has 2 rings (SSSR count). The van der Waals surface area contributed by atoms with Gasteiger partial charge in [0.1, 0.15) is 11.5 Å². The molecule has 1 aromatic carbocycles. The van der Waals surface area contributed by atoms with E-state index in [9.17, 15) is 5.11 Å². The first-order valence-electron chi connectivity index (χ1n) is 10.2. The van der Waals surface area contributed by atoms with Crippen molar-refractivity contribution in [2.24, 2.45) is 10.9 Å². The van der Waals surface area contributed by atoms with Gasteiger partial charge in [0.2, 0.25) is 0 Å². The van der Waals surface area contributed by atoms with E-state index in [1.807, 2.05) is 12.1 Å². The minimum Gasteiger partial charge on any atom is -0.508 e. The van der Waals surface area contributed by atoms with E-state index in [1.165, 1.54) is 0 Å². The van der Waals surface area contributed by atoms with Crippen molar-refractivity contribution in [1.29, 1.82) is 0 Å². The zero-order valence-electron chi connectivity index (χ0n) is 17.7. The van der Waals surface area contributed by atoms with Crippen molar-refractivity contribution in [2.75, 3.05) is 53.0 Å². The number of guanidine groups is 1. The number of hydrogen-bond acceptors (Lipinski definition) is 5. The van der Waals surface area contributed by atoms with Crippen LogP contribution >= 0.6 is 0 Å². The Morgan fingerprint density at radius 1 is 1.29 bits per heavy atom. The minimum atomic E-state index is 0.260. The van der Waals surface area contributed by atoms with Crippen LogP contribution in [0.5, 0.6) is 11.5 Å².